The van der Waals surface area contributed by atoms with Crippen LogP contribution >= 0.6 is 11.3 Å². The standard InChI is InChI=1S/C20H21N3O4S/c1-3-26-16-4-6-17(7-5-16)27-19-10-15(8-9-21-19)11-22-18(24)12-23-14(2)13-28-20(23)25/h4-10,13H,3,11-12H2,1-2H3,(H,22,24). The molecule has 1 amide bonds. The van der Waals surface area contributed by atoms with Crippen LogP contribution in [-0.2, 0) is 17.9 Å². The van der Waals surface area contributed by atoms with E-state index >= 15 is 0 Å². The summed E-state index contributed by atoms with van der Waals surface area (Å²) in [6.07, 6.45) is 1.62. The van der Waals surface area contributed by atoms with Crippen LogP contribution in [0.25, 0.3) is 0 Å². The zero-order valence-corrected chi connectivity index (χ0v) is 16.5. The van der Waals surface area contributed by atoms with Gasteiger partial charge in [-0.1, -0.05) is 11.3 Å². The van der Waals surface area contributed by atoms with E-state index in [0.29, 0.717) is 24.8 Å². The smallest absolute Gasteiger partial charge is 0.307 e. The Kier molecular flexibility index (Phi) is 6.44. The third-order valence-electron chi connectivity index (χ3n) is 3.92. The van der Waals surface area contributed by atoms with Gasteiger partial charge in [-0.05, 0) is 49.7 Å². The molecule has 0 spiro atoms. The molecule has 1 N–H and O–H groups in total. The first-order valence-corrected chi connectivity index (χ1v) is 9.70. The maximum absolute atomic E-state index is 12.1. The highest BCUT2D eigenvalue weighted by molar-refractivity contribution is 7.07. The van der Waals surface area contributed by atoms with Crippen LogP contribution in [0.2, 0.25) is 0 Å². The van der Waals surface area contributed by atoms with Crippen molar-refractivity contribution >= 4 is 17.2 Å². The van der Waals surface area contributed by atoms with Gasteiger partial charge in [0.15, 0.2) is 0 Å². The summed E-state index contributed by atoms with van der Waals surface area (Å²) in [4.78, 5) is 27.9. The molecular weight excluding hydrogens is 378 g/mol. The van der Waals surface area contributed by atoms with Crippen molar-refractivity contribution in [1.29, 1.82) is 0 Å². The van der Waals surface area contributed by atoms with Crippen LogP contribution in [0.5, 0.6) is 17.4 Å². The number of aryl methyl sites for hydroxylation is 1. The summed E-state index contributed by atoms with van der Waals surface area (Å²) >= 11 is 1.09. The molecule has 2 heterocycles. The van der Waals surface area contributed by atoms with Crippen molar-refractivity contribution in [2.45, 2.75) is 26.9 Å². The first-order valence-electron chi connectivity index (χ1n) is 8.82. The van der Waals surface area contributed by atoms with Crippen LogP contribution in [0.15, 0.2) is 52.8 Å². The molecule has 0 saturated carbocycles. The molecule has 0 aliphatic carbocycles. The van der Waals surface area contributed by atoms with E-state index in [1.807, 2.05) is 31.2 Å². The molecule has 3 aromatic rings. The fraction of sp³-hybridized carbons (Fsp3) is 0.250. The van der Waals surface area contributed by atoms with Crippen LogP contribution in [0.3, 0.4) is 0 Å². The molecular formula is C20H21N3O4S. The minimum absolute atomic E-state index is 0.00872. The summed E-state index contributed by atoms with van der Waals surface area (Å²) in [6, 6.07) is 10.8. The predicted molar refractivity (Wildman–Crippen MR) is 107 cm³/mol. The maximum atomic E-state index is 12.1. The van der Waals surface area contributed by atoms with E-state index in [9.17, 15) is 9.59 Å². The van der Waals surface area contributed by atoms with Crippen LogP contribution in [-0.4, -0.2) is 22.1 Å². The quantitative estimate of drug-likeness (QED) is 0.629. The summed E-state index contributed by atoms with van der Waals surface area (Å²) < 4.78 is 12.6. The third-order valence-corrected chi connectivity index (χ3v) is 4.81. The molecule has 0 aliphatic heterocycles. The molecule has 0 atom stereocenters. The van der Waals surface area contributed by atoms with Gasteiger partial charge in [0.05, 0.1) is 6.61 Å². The van der Waals surface area contributed by atoms with Gasteiger partial charge in [0.1, 0.15) is 18.0 Å². The Balaban J connectivity index is 1.57. The molecule has 0 fully saturated rings. The molecule has 0 aliphatic rings. The Morgan fingerprint density at radius 3 is 2.64 bits per heavy atom. The van der Waals surface area contributed by atoms with Gasteiger partial charge >= 0.3 is 4.87 Å². The summed E-state index contributed by atoms with van der Waals surface area (Å²) in [5, 5.41) is 4.55. The van der Waals surface area contributed by atoms with Gasteiger partial charge in [0.2, 0.25) is 11.8 Å². The monoisotopic (exact) mass is 399 g/mol. The SMILES string of the molecule is CCOc1ccc(Oc2cc(CNC(=O)Cn3c(C)csc3=O)ccn2)cc1. The third kappa shape index (κ3) is 5.20. The zero-order valence-electron chi connectivity index (χ0n) is 15.7. The number of thiazole rings is 1. The second-order valence-corrected chi connectivity index (χ2v) is 6.84. The molecule has 0 bridgehead atoms. The molecule has 28 heavy (non-hydrogen) atoms. The van der Waals surface area contributed by atoms with Gasteiger partial charge in [0.25, 0.3) is 0 Å². The Bertz CT molecular complexity index is 995. The van der Waals surface area contributed by atoms with Crippen molar-refractivity contribution in [3.05, 3.63) is 68.9 Å². The lowest BCUT2D eigenvalue weighted by Crippen LogP contribution is -2.30. The molecule has 0 saturated heterocycles. The fourth-order valence-electron chi connectivity index (χ4n) is 2.50. The normalized spacial score (nSPS) is 10.5. The van der Waals surface area contributed by atoms with E-state index in [-0.39, 0.29) is 17.3 Å². The van der Waals surface area contributed by atoms with E-state index in [1.165, 1.54) is 4.57 Å². The number of hydrogen-bond acceptors (Lipinski definition) is 6. The minimum atomic E-state index is -0.227. The first-order chi connectivity index (χ1) is 13.5. The van der Waals surface area contributed by atoms with Gasteiger partial charge in [-0.2, -0.15) is 0 Å². The number of nitrogens with one attached hydrogen (secondary N) is 1. The lowest BCUT2D eigenvalue weighted by atomic mass is 10.2. The molecule has 0 radical (unpaired) electrons. The highest BCUT2D eigenvalue weighted by Crippen LogP contribution is 2.23. The van der Waals surface area contributed by atoms with E-state index in [2.05, 4.69) is 10.3 Å². The molecule has 3 rings (SSSR count). The van der Waals surface area contributed by atoms with Crippen molar-refractivity contribution in [3.8, 4) is 17.4 Å². The number of rotatable bonds is 8. The highest BCUT2D eigenvalue weighted by Gasteiger charge is 2.09. The average molecular weight is 399 g/mol. The fourth-order valence-corrected chi connectivity index (χ4v) is 3.24. The van der Waals surface area contributed by atoms with Gasteiger partial charge < -0.3 is 14.8 Å². The van der Waals surface area contributed by atoms with E-state index in [1.54, 1.807) is 30.6 Å². The van der Waals surface area contributed by atoms with Gasteiger partial charge in [-0.25, -0.2) is 4.98 Å². The lowest BCUT2D eigenvalue weighted by molar-refractivity contribution is -0.121. The Morgan fingerprint density at radius 1 is 1.21 bits per heavy atom. The van der Waals surface area contributed by atoms with Crippen LogP contribution in [0.1, 0.15) is 18.2 Å². The van der Waals surface area contributed by atoms with Crippen molar-refractivity contribution in [3.63, 3.8) is 0 Å². The number of amides is 1. The topological polar surface area (TPSA) is 82.5 Å². The lowest BCUT2D eigenvalue weighted by Gasteiger charge is -2.09. The average Bonchev–Trinajstić information content (AvgIpc) is 3.00. The number of aromatic nitrogens is 2. The second kappa shape index (κ2) is 9.18. The number of pyridine rings is 1. The number of ether oxygens (including phenoxy) is 2. The van der Waals surface area contributed by atoms with Gasteiger partial charge in [-0.15, -0.1) is 0 Å². The van der Waals surface area contributed by atoms with Crippen LogP contribution in [0, 0.1) is 6.92 Å². The van der Waals surface area contributed by atoms with Gasteiger partial charge in [-0.3, -0.25) is 14.2 Å². The molecule has 0 unspecified atom stereocenters. The number of benzene rings is 1. The van der Waals surface area contributed by atoms with Crippen molar-refractivity contribution in [2.24, 2.45) is 0 Å². The van der Waals surface area contributed by atoms with Crippen LogP contribution in [0.4, 0.5) is 0 Å². The van der Waals surface area contributed by atoms with Crippen molar-refractivity contribution in [2.75, 3.05) is 6.61 Å². The Labute approximate surface area is 166 Å². The first kappa shape index (κ1) is 19.6. The number of carbonyl (C=O) groups excluding carboxylic acids is 1. The summed E-state index contributed by atoms with van der Waals surface area (Å²) in [5.41, 5.74) is 1.62. The molecule has 7 nitrogen and oxygen atoms in total. The van der Waals surface area contributed by atoms with E-state index < -0.39 is 0 Å². The van der Waals surface area contributed by atoms with E-state index in [4.69, 9.17) is 9.47 Å². The number of nitrogens with zero attached hydrogens (tertiary/aromatic N) is 2. The number of carbonyl (C=O) groups is 1. The molecule has 1 aromatic carbocycles. The highest BCUT2D eigenvalue weighted by atomic mass is 32.1. The zero-order chi connectivity index (χ0) is 19.9. The minimum Gasteiger partial charge on any atom is -0.494 e. The summed E-state index contributed by atoms with van der Waals surface area (Å²) in [6.45, 7) is 4.67. The van der Waals surface area contributed by atoms with E-state index in [0.717, 1.165) is 28.3 Å². The van der Waals surface area contributed by atoms with Crippen molar-refractivity contribution in [1.82, 2.24) is 14.9 Å². The number of hydrogen-bond donors (Lipinski definition) is 1. The summed E-state index contributed by atoms with van der Waals surface area (Å²) in [5.74, 6) is 1.62. The van der Waals surface area contributed by atoms with Gasteiger partial charge in [0, 0.05) is 29.9 Å². The molecule has 8 heteroatoms. The maximum Gasteiger partial charge on any atom is 0.307 e. The van der Waals surface area contributed by atoms with Crippen molar-refractivity contribution < 1.29 is 14.3 Å². The molecule has 2 aromatic heterocycles. The predicted octanol–water partition coefficient (Wildman–Crippen LogP) is 3.12. The van der Waals surface area contributed by atoms with Crippen LogP contribution < -0.4 is 19.7 Å². The Morgan fingerprint density at radius 2 is 1.96 bits per heavy atom. The largest absolute Gasteiger partial charge is 0.494 e. The summed E-state index contributed by atoms with van der Waals surface area (Å²) in [7, 11) is 0. The Hall–Kier alpha value is -3.13. The second-order valence-electron chi connectivity index (χ2n) is 6.01. The molecule has 146 valence electrons.